The topological polar surface area (TPSA) is 95.9 Å². The van der Waals surface area contributed by atoms with Crippen LogP contribution in [-0.2, 0) is 4.74 Å². The number of nitrogens with zero attached hydrogens (tertiary/aromatic N) is 4. The number of piperazine rings is 1. The molecule has 4 rings (SSSR count). The molecule has 0 unspecified atom stereocenters. The molecule has 1 aromatic carbocycles. The van der Waals surface area contributed by atoms with Gasteiger partial charge >= 0.3 is 5.97 Å². The summed E-state index contributed by atoms with van der Waals surface area (Å²) in [6.45, 7) is 6.35. The fourth-order valence-corrected chi connectivity index (χ4v) is 4.63. The Labute approximate surface area is 177 Å². The molecule has 1 aliphatic rings. The molecule has 0 atom stereocenters. The van der Waals surface area contributed by atoms with Gasteiger partial charge in [-0.3, -0.25) is 4.79 Å². The van der Waals surface area contributed by atoms with Crippen molar-refractivity contribution in [2.75, 3.05) is 37.7 Å². The second-order valence-electron chi connectivity index (χ2n) is 6.98. The molecule has 3 heterocycles. The smallest absolute Gasteiger partial charge is 0.348 e. The highest BCUT2D eigenvalue weighted by molar-refractivity contribution is 7.20. The molecule has 8 nitrogen and oxygen atoms in total. The summed E-state index contributed by atoms with van der Waals surface area (Å²) in [6, 6.07) is 6.29. The van der Waals surface area contributed by atoms with Crippen LogP contribution in [0.4, 0.5) is 5.82 Å². The van der Waals surface area contributed by atoms with Crippen molar-refractivity contribution in [3.63, 3.8) is 0 Å². The molecule has 2 aromatic heterocycles. The average Bonchev–Trinajstić information content (AvgIpc) is 3.11. The van der Waals surface area contributed by atoms with Crippen LogP contribution in [0.5, 0.6) is 5.75 Å². The number of ether oxygens (including phenoxy) is 1. The molecule has 0 saturated carbocycles. The van der Waals surface area contributed by atoms with E-state index in [2.05, 4.69) is 14.9 Å². The van der Waals surface area contributed by atoms with Crippen LogP contribution in [-0.4, -0.2) is 64.6 Å². The molecule has 3 aromatic rings. The maximum atomic E-state index is 12.7. The summed E-state index contributed by atoms with van der Waals surface area (Å²) < 4.78 is 5.16. The fourth-order valence-electron chi connectivity index (χ4n) is 3.59. The number of benzene rings is 1. The van der Waals surface area contributed by atoms with E-state index in [0.717, 1.165) is 21.6 Å². The van der Waals surface area contributed by atoms with Crippen molar-refractivity contribution in [3.8, 4) is 5.75 Å². The molecule has 30 heavy (non-hydrogen) atoms. The van der Waals surface area contributed by atoms with E-state index in [4.69, 9.17) is 4.74 Å². The molecule has 1 fully saturated rings. The first-order chi connectivity index (χ1) is 14.5. The number of anilines is 1. The molecule has 1 amide bonds. The lowest BCUT2D eigenvalue weighted by Gasteiger charge is -2.35. The number of aromatic hydroxyl groups is 1. The summed E-state index contributed by atoms with van der Waals surface area (Å²) in [5.74, 6) is 0.519. The summed E-state index contributed by atoms with van der Waals surface area (Å²) in [7, 11) is 0. The van der Waals surface area contributed by atoms with E-state index in [0.29, 0.717) is 43.2 Å². The van der Waals surface area contributed by atoms with Crippen LogP contribution in [0.15, 0.2) is 30.6 Å². The first-order valence-corrected chi connectivity index (χ1v) is 10.6. The van der Waals surface area contributed by atoms with E-state index in [-0.39, 0.29) is 17.6 Å². The lowest BCUT2D eigenvalue weighted by Crippen LogP contribution is -2.49. The van der Waals surface area contributed by atoms with Crippen molar-refractivity contribution in [1.29, 1.82) is 0 Å². The Bertz CT molecular complexity index is 1090. The first-order valence-electron chi connectivity index (χ1n) is 9.74. The number of rotatable bonds is 4. The Kier molecular flexibility index (Phi) is 5.54. The van der Waals surface area contributed by atoms with Crippen molar-refractivity contribution in [1.82, 2.24) is 14.9 Å². The second-order valence-corrected chi connectivity index (χ2v) is 7.98. The van der Waals surface area contributed by atoms with Crippen LogP contribution in [0.3, 0.4) is 0 Å². The number of hydrogen-bond donors (Lipinski definition) is 1. The lowest BCUT2D eigenvalue weighted by molar-refractivity contribution is 0.0531. The molecular weight excluding hydrogens is 404 g/mol. The van der Waals surface area contributed by atoms with Crippen molar-refractivity contribution >= 4 is 39.2 Å². The molecular formula is C21H22N4O4S. The van der Waals surface area contributed by atoms with Crippen LogP contribution < -0.4 is 4.90 Å². The van der Waals surface area contributed by atoms with E-state index in [1.165, 1.54) is 29.8 Å². The minimum absolute atomic E-state index is 0.0567. The second kappa shape index (κ2) is 8.27. The van der Waals surface area contributed by atoms with Gasteiger partial charge in [0.25, 0.3) is 5.91 Å². The third kappa shape index (κ3) is 3.68. The average molecular weight is 426 g/mol. The number of amides is 1. The monoisotopic (exact) mass is 426 g/mol. The van der Waals surface area contributed by atoms with Crippen molar-refractivity contribution in [3.05, 3.63) is 46.6 Å². The fraction of sp³-hybridized carbons (Fsp3) is 0.333. The Morgan fingerprint density at radius 3 is 2.50 bits per heavy atom. The number of carbonyl (C=O) groups excluding carboxylic acids is 2. The number of aromatic nitrogens is 2. The maximum Gasteiger partial charge on any atom is 0.348 e. The van der Waals surface area contributed by atoms with Gasteiger partial charge in [0.05, 0.1) is 12.0 Å². The summed E-state index contributed by atoms with van der Waals surface area (Å²) >= 11 is 1.32. The Morgan fingerprint density at radius 2 is 1.83 bits per heavy atom. The Morgan fingerprint density at radius 1 is 1.13 bits per heavy atom. The number of thiophene rings is 1. The highest BCUT2D eigenvalue weighted by Gasteiger charge is 2.26. The van der Waals surface area contributed by atoms with Gasteiger partial charge in [-0.25, -0.2) is 14.8 Å². The normalized spacial score (nSPS) is 14.2. The van der Waals surface area contributed by atoms with Gasteiger partial charge in [-0.1, -0.05) is 0 Å². The molecule has 1 saturated heterocycles. The van der Waals surface area contributed by atoms with Gasteiger partial charge in [0, 0.05) is 31.7 Å². The van der Waals surface area contributed by atoms with Crippen LogP contribution in [0.2, 0.25) is 0 Å². The van der Waals surface area contributed by atoms with Crippen molar-refractivity contribution < 1.29 is 19.4 Å². The van der Waals surface area contributed by atoms with Crippen molar-refractivity contribution in [2.24, 2.45) is 0 Å². The van der Waals surface area contributed by atoms with Crippen molar-refractivity contribution in [2.45, 2.75) is 13.8 Å². The van der Waals surface area contributed by atoms with E-state index in [1.54, 1.807) is 24.0 Å². The van der Waals surface area contributed by atoms with Gasteiger partial charge in [-0.15, -0.1) is 11.3 Å². The molecule has 1 N–H and O–H groups in total. The third-order valence-electron chi connectivity index (χ3n) is 5.15. The quantitative estimate of drug-likeness (QED) is 0.641. The van der Waals surface area contributed by atoms with Crippen LogP contribution in [0, 0.1) is 6.92 Å². The largest absolute Gasteiger partial charge is 0.508 e. The van der Waals surface area contributed by atoms with E-state index >= 15 is 0 Å². The van der Waals surface area contributed by atoms with Crippen LogP contribution in [0.1, 0.15) is 32.5 Å². The molecule has 0 spiro atoms. The van der Waals surface area contributed by atoms with Crippen LogP contribution in [0.25, 0.3) is 10.2 Å². The van der Waals surface area contributed by atoms with Gasteiger partial charge in [0.15, 0.2) is 0 Å². The minimum Gasteiger partial charge on any atom is -0.508 e. The molecule has 0 aliphatic carbocycles. The molecule has 0 bridgehead atoms. The number of esters is 1. The summed E-state index contributed by atoms with van der Waals surface area (Å²) in [5.41, 5.74) is 1.38. The maximum absolute atomic E-state index is 12.7. The van der Waals surface area contributed by atoms with E-state index in [1.807, 2.05) is 6.92 Å². The lowest BCUT2D eigenvalue weighted by atomic mass is 10.1. The van der Waals surface area contributed by atoms with Gasteiger partial charge in [-0.05, 0) is 43.7 Å². The van der Waals surface area contributed by atoms with Gasteiger partial charge in [-0.2, -0.15) is 0 Å². The van der Waals surface area contributed by atoms with Gasteiger partial charge in [0.1, 0.15) is 27.6 Å². The SMILES string of the molecule is CCOC(=O)c1sc2ncnc(N3CCN(C(=O)c4ccc(O)cc4)CC3)c2c1C. The Hall–Kier alpha value is -3.20. The highest BCUT2D eigenvalue weighted by Crippen LogP contribution is 2.35. The molecule has 9 heteroatoms. The summed E-state index contributed by atoms with van der Waals surface area (Å²) in [6.07, 6.45) is 1.51. The summed E-state index contributed by atoms with van der Waals surface area (Å²) in [5, 5.41) is 10.3. The zero-order chi connectivity index (χ0) is 21.3. The highest BCUT2D eigenvalue weighted by atomic mass is 32.1. The first kappa shape index (κ1) is 20.1. The van der Waals surface area contributed by atoms with Gasteiger partial charge in [0.2, 0.25) is 0 Å². The van der Waals surface area contributed by atoms with E-state index < -0.39 is 0 Å². The third-order valence-corrected chi connectivity index (χ3v) is 6.33. The zero-order valence-electron chi connectivity index (χ0n) is 16.8. The Balaban J connectivity index is 1.54. The number of aryl methyl sites for hydroxylation is 1. The molecule has 0 radical (unpaired) electrons. The summed E-state index contributed by atoms with van der Waals surface area (Å²) in [4.78, 5) is 39.0. The number of carbonyl (C=O) groups is 2. The minimum atomic E-state index is -0.340. The molecule has 1 aliphatic heterocycles. The van der Waals surface area contributed by atoms with Gasteiger partial charge < -0.3 is 19.6 Å². The standard InChI is InChI=1S/C21H22N4O4S/c1-3-29-21(28)17-13(2)16-18(22-12-23-19(16)30-17)24-8-10-25(11-9-24)20(27)14-4-6-15(26)7-5-14/h4-7,12,26H,3,8-11H2,1-2H3. The number of phenolic OH excluding ortho intramolecular Hbond substituents is 1. The predicted molar refractivity (Wildman–Crippen MR) is 114 cm³/mol. The van der Waals surface area contributed by atoms with E-state index in [9.17, 15) is 14.7 Å². The number of fused-ring (bicyclic) bond motifs is 1. The molecule has 156 valence electrons. The van der Waals surface area contributed by atoms with Crippen LogP contribution >= 0.6 is 11.3 Å². The predicted octanol–water partition coefficient (Wildman–Crippen LogP) is 2.84. The number of phenols is 1. The number of hydrogen-bond acceptors (Lipinski definition) is 8. The zero-order valence-corrected chi connectivity index (χ0v) is 17.6.